The van der Waals surface area contributed by atoms with Crippen LogP contribution in [-0.4, -0.2) is 36.3 Å². The number of amides is 1. The Morgan fingerprint density at radius 1 is 0.917 bits per heavy atom. The molecule has 0 N–H and O–H groups in total. The van der Waals surface area contributed by atoms with E-state index in [-0.39, 0.29) is 18.0 Å². The van der Waals surface area contributed by atoms with Crippen LogP contribution in [0.4, 0.5) is 5.69 Å². The second-order valence-electron chi connectivity index (χ2n) is 9.65. The number of anilines is 1. The first-order valence-corrected chi connectivity index (χ1v) is 12.5. The number of methoxy groups -OCH3 is 1. The highest BCUT2D eigenvalue weighted by Gasteiger charge is 2.36. The molecule has 1 amide bonds. The van der Waals surface area contributed by atoms with Crippen LogP contribution in [0.25, 0.3) is 10.8 Å². The van der Waals surface area contributed by atoms with Crippen molar-refractivity contribution in [1.29, 1.82) is 0 Å². The number of benzene rings is 4. The van der Waals surface area contributed by atoms with Gasteiger partial charge in [-0.3, -0.25) is 4.79 Å². The van der Waals surface area contributed by atoms with Gasteiger partial charge in [0.25, 0.3) is 5.91 Å². The fourth-order valence-electron chi connectivity index (χ4n) is 5.46. The molecule has 0 bridgehead atoms. The normalized spacial score (nSPS) is 18.9. The van der Waals surface area contributed by atoms with Crippen LogP contribution in [0.2, 0.25) is 0 Å². The van der Waals surface area contributed by atoms with Gasteiger partial charge in [0, 0.05) is 18.2 Å². The van der Waals surface area contributed by atoms with Crippen molar-refractivity contribution in [3.63, 3.8) is 0 Å². The summed E-state index contributed by atoms with van der Waals surface area (Å²) in [4.78, 5) is 16.0. The van der Waals surface area contributed by atoms with E-state index in [0.29, 0.717) is 13.0 Å². The van der Waals surface area contributed by atoms with Crippen LogP contribution in [0.5, 0.6) is 5.75 Å². The Balaban J connectivity index is 1.34. The van der Waals surface area contributed by atoms with Crippen LogP contribution >= 0.6 is 0 Å². The zero-order valence-electron chi connectivity index (χ0n) is 20.6. The van der Waals surface area contributed by atoms with Crippen molar-refractivity contribution >= 4 is 28.1 Å². The molecule has 0 spiro atoms. The number of nitrogens with zero attached hydrogens (tertiary/aromatic N) is 3. The van der Waals surface area contributed by atoms with Gasteiger partial charge in [-0.25, -0.2) is 5.01 Å². The maximum Gasteiger partial charge on any atom is 0.262 e. The fourth-order valence-corrected chi connectivity index (χ4v) is 5.46. The summed E-state index contributed by atoms with van der Waals surface area (Å²) in [5, 5.41) is 9.01. The van der Waals surface area contributed by atoms with Gasteiger partial charge in [0.2, 0.25) is 0 Å². The minimum Gasteiger partial charge on any atom is -0.497 e. The Bertz CT molecular complexity index is 1460. The molecule has 0 aromatic heterocycles. The molecule has 4 aromatic carbocycles. The Morgan fingerprint density at radius 2 is 1.67 bits per heavy atom. The highest BCUT2D eigenvalue weighted by atomic mass is 16.5. The molecule has 180 valence electrons. The molecule has 0 unspecified atom stereocenters. The van der Waals surface area contributed by atoms with Crippen molar-refractivity contribution < 1.29 is 9.53 Å². The summed E-state index contributed by atoms with van der Waals surface area (Å²) >= 11 is 0. The van der Waals surface area contributed by atoms with Crippen molar-refractivity contribution in [2.75, 3.05) is 18.6 Å². The van der Waals surface area contributed by atoms with Gasteiger partial charge in [0.05, 0.1) is 25.4 Å². The van der Waals surface area contributed by atoms with Gasteiger partial charge >= 0.3 is 0 Å². The van der Waals surface area contributed by atoms with Gasteiger partial charge < -0.3 is 9.64 Å². The van der Waals surface area contributed by atoms with Crippen molar-refractivity contribution in [2.45, 2.75) is 31.8 Å². The predicted molar refractivity (Wildman–Crippen MR) is 145 cm³/mol. The van der Waals surface area contributed by atoms with E-state index in [1.165, 1.54) is 16.3 Å². The summed E-state index contributed by atoms with van der Waals surface area (Å²) in [5.41, 5.74) is 5.49. The maximum atomic E-state index is 13.8. The first kappa shape index (κ1) is 22.4. The van der Waals surface area contributed by atoms with Crippen LogP contribution < -0.4 is 9.64 Å². The van der Waals surface area contributed by atoms with Crippen LogP contribution in [0.15, 0.2) is 96.1 Å². The summed E-state index contributed by atoms with van der Waals surface area (Å²) in [6, 6.07) is 31.2. The monoisotopic (exact) mass is 475 g/mol. The highest BCUT2D eigenvalue weighted by molar-refractivity contribution is 6.05. The first-order chi connectivity index (χ1) is 17.6. The third-order valence-corrected chi connectivity index (χ3v) is 7.40. The lowest BCUT2D eigenvalue weighted by Gasteiger charge is -2.28. The van der Waals surface area contributed by atoms with Crippen molar-refractivity contribution in [1.82, 2.24) is 5.01 Å². The van der Waals surface area contributed by atoms with Gasteiger partial charge in [0.15, 0.2) is 0 Å². The molecule has 2 atom stereocenters. The lowest BCUT2D eigenvalue weighted by atomic mass is 9.97. The van der Waals surface area contributed by atoms with Gasteiger partial charge in [-0.1, -0.05) is 66.7 Å². The Hall–Kier alpha value is -4.12. The van der Waals surface area contributed by atoms with E-state index in [1.54, 1.807) is 12.1 Å². The standard InChI is InChI=1S/C31H29N3O2/c1-21-17-26-9-5-6-10-29(26)33(21)20-31(35)34-30(23-13-15-27(36-2)16-14-23)19-28(32-34)25-12-11-22-7-3-4-8-24(22)18-25/h3-16,18,21,30H,17,19-20H2,1-2H3/t21-,30+/m0/s1. The average molecular weight is 476 g/mol. The van der Waals surface area contributed by atoms with Crippen molar-refractivity contribution in [3.05, 3.63) is 108 Å². The molecule has 5 heteroatoms. The number of fused-ring (bicyclic) bond motifs is 2. The number of hydrogen-bond donors (Lipinski definition) is 0. The number of rotatable bonds is 5. The molecule has 0 fully saturated rings. The third-order valence-electron chi connectivity index (χ3n) is 7.40. The molecule has 0 saturated carbocycles. The van der Waals surface area contributed by atoms with E-state index < -0.39 is 0 Å². The maximum absolute atomic E-state index is 13.8. The summed E-state index contributed by atoms with van der Waals surface area (Å²) in [6.07, 6.45) is 1.62. The number of hydrazone groups is 1. The van der Waals surface area contributed by atoms with E-state index in [1.807, 2.05) is 42.5 Å². The number of carbonyl (C=O) groups is 1. The molecule has 5 nitrogen and oxygen atoms in total. The van der Waals surface area contributed by atoms with E-state index in [4.69, 9.17) is 9.84 Å². The molecular weight excluding hydrogens is 446 g/mol. The van der Waals surface area contributed by atoms with E-state index >= 15 is 0 Å². The molecule has 6 rings (SSSR count). The number of carbonyl (C=O) groups excluding carboxylic acids is 1. The molecular formula is C31H29N3O2. The highest BCUT2D eigenvalue weighted by Crippen LogP contribution is 2.36. The smallest absolute Gasteiger partial charge is 0.262 e. The van der Waals surface area contributed by atoms with Crippen molar-refractivity contribution in [2.24, 2.45) is 5.10 Å². The van der Waals surface area contributed by atoms with E-state index in [2.05, 4.69) is 60.4 Å². The molecule has 0 aliphatic carbocycles. The topological polar surface area (TPSA) is 45.1 Å². The minimum atomic E-state index is -0.155. The summed E-state index contributed by atoms with van der Waals surface area (Å²) in [6.45, 7) is 2.49. The fraction of sp³-hybridized carbons (Fsp3) is 0.226. The number of ether oxygens (including phenoxy) is 1. The van der Waals surface area contributed by atoms with Crippen LogP contribution in [0.1, 0.15) is 36.1 Å². The molecule has 0 radical (unpaired) electrons. The summed E-state index contributed by atoms with van der Waals surface area (Å²) in [7, 11) is 1.66. The predicted octanol–water partition coefficient (Wildman–Crippen LogP) is 5.98. The lowest BCUT2D eigenvalue weighted by Crippen LogP contribution is -2.40. The largest absolute Gasteiger partial charge is 0.497 e. The van der Waals surface area contributed by atoms with Crippen molar-refractivity contribution in [3.8, 4) is 5.75 Å². The SMILES string of the molecule is COc1ccc([C@H]2CC(c3ccc4ccccc4c3)=NN2C(=O)CN2c3ccccc3C[C@@H]2C)cc1. The second-order valence-corrected chi connectivity index (χ2v) is 9.65. The number of hydrogen-bond acceptors (Lipinski definition) is 4. The lowest BCUT2D eigenvalue weighted by molar-refractivity contribution is -0.131. The Kier molecular flexibility index (Phi) is 5.68. The molecule has 2 aliphatic heterocycles. The first-order valence-electron chi connectivity index (χ1n) is 12.5. The number of para-hydroxylation sites is 1. The van der Waals surface area contributed by atoms with E-state index in [0.717, 1.165) is 34.7 Å². The second kappa shape index (κ2) is 9.15. The van der Waals surface area contributed by atoms with Crippen LogP contribution in [-0.2, 0) is 11.2 Å². The van der Waals surface area contributed by atoms with Gasteiger partial charge in [-0.05, 0) is 65.1 Å². The van der Waals surface area contributed by atoms with Crippen LogP contribution in [0.3, 0.4) is 0 Å². The average Bonchev–Trinajstić information content (AvgIpc) is 3.50. The molecule has 2 aliphatic rings. The third kappa shape index (κ3) is 4.01. The molecule has 36 heavy (non-hydrogen) atoms. The zero-order chi connectivity index (χ0) is 24.6. The van der Waals surface area contributed by atoms with Gasteiger partial charge in [-0.15, -0.1) is 0 Å². The Labute approximate surface area is 211 Å². The van der Waals surface area contributed by atoms with Gasteiger partial charge in [-0.2, -0.15) is 5.10 Å². The quantitative estimate of drug-likeness (QED) is 0.357. The Morgan fingerprint density at radius 3 is 2.47 bits per heavy atom. The molecule has 2 heterocycles. The van der Waals surface area contributed by atoms with E-state index in [9.17, 15) is 4.79 Å². The zero-order valence-corrected chi connectivity index (χ0v) is 20.6. The summed E-state index contributed by atoms with van der Waals surface area (Å²) < 4.78 is 5.36. The van der Waals surface area contributed by atoms with Crippen LogP contribution in [0, 0.1) is 0 Å². The van der Waals surface area contributed by atoms with Gasteiger partial charge in [0.1, 0.15) is 5.75 Å². The molecule has 4 aromatic rings. The minimum absolute atomic E-state index is 0.00941. The molecule has 0 saturated heterocycles. The summed E-state index contributed by atoms with van der Waals surface area (Å²) in [5.74, 6) is 0.808.